The SMILES string of the molecule is [2H]c1c([2H])c([2H])c2c(-c3cccc(-c4ccc5c(c4)oc4cc6ccccc6cc45)c3)c3c([2H])c([2H])c([2H])c([2H])c3c(-c3cccc(-c4ccc5c(c4)oc4cc6ccccc6cc45)c3)c2c1[2H]. The minimum absolute atomic E-state index is 0.155. The topological polar surface area (TPSA) is 26.3 Å². The first-order valence-corrected chi connectivity index (χ1v) is 19.9. The second-order valence-corrected chi connectivity index (χ2v) is 15.4. The molecule has 0 unspecified atom stereocenters. The molecule has 0 radical (unpaired) electrons. The largest absolute Gasteiger partial charge is 0.456 e. The Balaban J connectivity index is 1.04. The van der Waals surface area contributed by atoms with Gasteiger partial charge in [-0.15, -0.1) is 0 Å². The number of hydrogen-bond donors (Lipinski definition) is 0. The van der Waals surface area contributed by atoms with Gasteiger partial charge < -0.3 is 8.83 Å². The third-order valence-corrected chi connectivity index (χ3v) is 12.0. The summed E-state index contributed by atoms with van der Waals surface area (Å²) in [4.78, 5) is 0. The van der Waals surface area contributed by atoms with E-state index in [0.29, 0.717) is 22.3 Å². The van der Waals surface area contributed by atoms with Crippen molar-refractivity contribution in [3.8, 4) is 44.5 Å². The van der Waals surface area contributed by atoms with Gasteiger partial charge in [0.05, 0.1) is 11.0 Å². The van der Waals surface area contributed by atoms with E-state index < -0.39 is 24.2 Å². The first kappa shape index (κ1) is 26.1. The normalized spacial score (nSPS) is 13.9. The molecule has 0 spiro atoms. The maximum absolute atomic E-state index is 9.53. The van der Waals surface area contributed by atoms with E-state index in [9.17, 15) is 5.48 Å². The van der Waals surface area contributed by atoms with Gasteiger partial charge in [-0.3, -0.25) is 0 Å². The van der Waals surface area contributed by atoms with Gasteiger partial charge in [-0.05, 0) is 148 Å². The van der Waals surface area contributed by atoms with E-state index in [1.54, 1.807) is 0 Å². The van der Waals surface area contributed by atoms with E-state index in [-0.39, 0.29) is 56.8 Å². The lowest BCUT2D eigenvalue weighted by Crippen LogP contribution is -1.91. The molecule has 2 heteroatoms. The molecule has 278 valence electrons. The van der Waals surface area contributed by atoms with Crippen LogP contribution in [0.5, 0.6) is 0 Å². The number of furan rings is 2. The summed E-state index contributed by atoms with van der Waals surface area (Å²) in [6.45, 7) is 0. The van der Waals surface area contributed by atoms with Gasteiger partial charge in [0.1, 0.15) is 22.3 Å². The van der Waals surface area contributed by atoms with Crippen LogP contribution < -0.4 is 0 Å². The van der Waals surface area contributed by atoms with E-state index >= 15 is 0 Å². The maximum Gasteiger partial charge on any atom is 0.136 e. The van der Waals surface area contributed by atoms with Crippen LogP contribution >= 0.6 is 0 Å². The summed E-state index contributed by atoms with van der Waals surface area (Å²) in [6.07, 6.45) is 0. The molecule has 2 heterocycles. The van der Waals surface area contributed by atoms with Gasteiger partial charge in [0.25, 0.3) is 0 Å². The van der Waals surface area contributed by atoms with Crippen LogP contribution in [0.3, 0.4) is 0 Å². The van der Waals surface area contributed by atoms with Crippen LogP contribution in [0, 0.1) is 0 Å². The summed E-state index contributed by atoms with van der Waals surface area (Å²) in [7, 11) is 0. The molecule has 60 heavy (non-hydrogen) atoms. The Kier molecular flexibility index (Phi) is 5.57. The van der Waals surface area contributed by atoms with Crippen molar-refractivity contribution >= 4 is 87.0 Å². The minimum Gasteiger partial charge on any atom is -0.456 e. The van der Waals surface area contributed by atoms with Gasteiger partial charge in [-0.25, -0.2) is 0 Å². The molecule has 0 N–H and O–H groups in total. The zero-order valence-corrected chi connectivity index (χ0v) is 31.8. The summed E-state index contributed by atoms with van der Waals surface area (Å²) in [5.74, 6) is 0. The molecular formula is C58H34O2. The Morgan fingerprint density at radius 1 is 0.267 bits per heavy atom. The summed E-state index contributed by atoms with van der Waals surface area (Å²) >= 11 is 0. The molecule has 0 saturated carbocycles. The number of rotatable bonds is 4. The van der Waals surface area contributed by atoms with E-state index in [0.717, 1.165) is 76.5 Å². The quantitative estimate of drug-likeness (QED) is 0.167. The van der Waals surface area contributed by atoms with Gasteiger partial charge in [-0.2, -0.15) is 0 Å². The van der Waals surface area contributed by atoms with Crippen molar-refractivity contribution < 1.29 is 19.8 Å². The Morgan fingerprint density at radius 2 is 0.617 bits per heavy atom. The van der Waals surface area contributed by atoms with Crippen LogP contribution in [-0.2, 0) is 0 Å². The highest BCUT2D eigenvalue weighted by atomic mass is 16.3. The Bertz CT molecular complexity index is 4020. The molecule has 0 amide bonds. The van der Waals surface area contributed by atoms with Gasteiger partial charge in [0, 0.05) is 21.5 Å². The number of fused-ring (bicyclic) bond motifs is 10. The molecule has 0 saturated heterocycles. The standard InChI is InChI=1S/C58H34O2/c1-3-13-39-31-55-51(29-37(39)11-1)45-25-23-41(33-53(45)59-55)35-15-9-17-43(27-35)57-47-19-5-7-21-49(47)58(50-22-8-6-20-48(50)57)44-18-10-16-36(28-44)42-24-26-46-52-30-38-12-2-4-14-40(38)32-56(52)60-54(46)34-42/h1-34H/i5D,6D,7D,8D,19D,20D,21D,22D. The molecular weight excluding hydrogens is 729 g/mol. The maximum atomic E-state index is 9.53. The summed E-state index contributed by atoms with van der Waals surface area (Å²) in [6, 6.07) is 48.8. The highest BCUT2D eigenvalue weighted by Gasteiger charge is 2.18. The fourth-order valence-electron chi connectivity index (χ4n) is 9.19. The Labute approximate surface area is 356 Å². The highest BCUT2D eigenvalue weighted by molar-refractivity contribution is 6.22. The molecule has 0 aliphatic carbocycles. The smallest absolute Gasteiger partial charge is 0.136 e. The minimum atomic E-state index is -0.449. The van der Waals surface area contributed by atoms with Crippen LogP contribution in [-0.4, -0.2) is 0 Å². The first-order chi connectivity index (χ1) is 33.0. The molecule has 0 fully saturated rings. The monoisotopic (exact) mass is 770 g/mol. The van der Waals surface area contributed by atoms with Crippen LogP contribution in [0.15, 0.2) is 215 Å². The lowest BCUT2D eigenvalue weighted by Gasteiger charge is -2.18. The second kappa shape index (κ2) is 12.8. The van der Waals surface area contributed by atoms with Crippen LogP contribution in [0.1, 0.15) is 11.0 Å². The number of benzene rings is 11. The molecule has 13 rings (SSSR count). The molecule has 2 aromatic heterocycles. The number of hydrogen-bond acceptors (Lipinski definition) is 2. The van der Waals surface area contributed by atoms with Crippen molar-refractivity contribution in [3.05, 3.63) is 206 Å². The Hall–Kier alpha value is -7.94. The van der Waals surface area contributed by atoms with Crippen molar-refractivity contribution in [2.75, 3.05) is 0 Å². The summed E-state index contributed by atoms with van der Waals surface area (Å²) in [5.41, 5.74) is 7.82. The van der Waals surface area contributed by atoms with Crippen molar-refractivity contribution in [2.24, 2.45) is 0 Å². The summed E-state index contributed by atoms with van der Waals surface area (Å²) in [5, 5.41) is 8.96. The molecule has 0 aliphatic heterocycles. The zero-order valence-electron chi connectivity index (χ0n) is 39.8. The third kappa shape index (κ3) is 5.08. The van der Waals surface area contributed by atoms with Crippen LogP contribution in [0.4, 0.5) is 0 Å². The average molecular weight is 771 g/mol. The average Bonchev–Trinajstić information content (AvgIpc) is 3.92. The summed E-state index contributed by atoms with van der Waals surface area (Å²) < 4.78 is 86.8. The predicted molar refractivity (Wildman–Crippen MR) is 253 cm³/mol. The molecule has 2 nitrogen and oxygen atoms in total. The lowest BCUT2D eigenvalue weighted by molar-refractivity contribution is 0.669. The van der Waals surface area contributed by atoms with Crippen molar-refractivity contribution in [1.82, 2.24) is 0 Å². The molecule has 11 aromatic carbocycles. The van der Waals surface area contributed by atoms with E-state index in [4.69, 9.17) is 14.3 Å². The molecule has 0 atom stereocenters. The lowest BCUT2D eigenvalue weighted by atomic mass is 9.85. The highest BCUT2D eigenvalue weighted by Crippen LogP contribution is 2.45. The van der Waals surface area contributed by atoms with Gasteiger partial charge in [-0.1, -0.05) is 145 Å². The fraction of sp³-hybridized carbons (Fsp3) is 0. The molecule has 0 bridgehead atoms. The van der Waals surface area contributed by atoms with Crippen LogP contribution in [0.25, 0.3) is 131 Å². The fourth-order valence-corrected chi connectivity index (χ4v) is 9.19. The molecule has 0 aliphatic rings. The molecule has 13 aromatic rings. The van der Waals surface area contributed by atoms with Crippen molar-refractivity contribution in [2.45, 2.75) is 0 Å². The van der Waals surface area contributed by atoms with Crippen molar-refractivity contribution in [3.63, 3.8) is 0 Å². The zero-order chi connectivity index (χ0) is 46.3. The van der Waals surface area contributed by atoms with E-state index in [1.807, 2.05) is 121 Å². The van der Waals surface area contributed by atoms with Gasteiger partial charge in [0.15, 0.2) is 0 Å². The third-order valence-electron chi connectivity index (χ3n) is 12.0. The second-order valence-electron chi connectivity index (χ2n) is 15.4. The first-order valence-electron chi connectivity index (χ1n) is 23.9. The predicted octanol–water partition coefficient (Wildman–Crippen LogP) is 16.8. The van der Waals surface area contributed by atoms with Crippen LogP contribution in [0.2, 0.25) is 0 Å². The Morgan fingerprint density at radius 3 is 1.03 bits per heavy atom. The van der Waals surface area contributed by atoms with Gasteiger partial charge >= 0.3 is 0 Å². The van der Waals surface area contributed by atoms with Gasteiger partial charge in [0.2, 0.25) is 0 Å². The van der Waals surface area contributed by atoms with E-state index in [2.05, 4.69) is 36.4 Å². The van der Waals surface area contributed by atoms with Crippen molar-refractivity contribution in [1.29, 1.82) is 0 Å². The van der Waals surface area contributed by atoms with E-state index in [1.165, 1.54) is 0 Å².